The van der Waals surface area contributed by atoms with E-state index in [-0.39, 0.29) is 7.43 Å². The van der Waals surface area contributed by atoms with Gasteiger partial charge in [0.2, 0.25) is 0 Å². The van der Waals surface area contributed by atoms with Crippen LogP contribution in [0.2, 0.25) is 12.1 Å². The Bertz CT molecular complexity index is 164. The molecule has 0 amide bonds. The zero-order valence-electron chi connectivity index (χ0n) is 11.1. The Labute approximate surface area is 104 Å². The van der Waals surface area contributed by atoms with Crippen LogP contribution in [0.25, 0.3) is 0 Å². The summed E-state index contributed by atoms with van der Waals surface area (Å²) in [5.74, 6) is 0. The van der Waals surface area contributed by atoms with Crippen molar-refractivity contribution in [3.8, 4) is 0 Å². The Kier molecular flexibility index (Phi) is 18.3. The first-order chi connectivity index (χ1) is 7.12. The molecule has 0 saturated heterocycles. The summed E-state index contributed by atoms with van der Waals surface area (Å²) in [5.41, 5.74) is 0. The van der Waals surface area contributed by atoms with Crippen molar-refractivity contribution in [3.63, 3.8) is 0 Å². The molecule has 1 radical (unpaired) electrons. The van der Waals surface area contributed by atoms with Crippen LogP contribution in [0, 0.1) is 0 Å². The predicted molar refractivity (Wildman–Crippen MR) is 78.3 cm³/mol. The summed E-state index contributed by atoms with van der Waals surface area (Å²) < 4.78 is 0. The van der Waals surface area contributed by atoms with Crippen molar-refractivity contribution in [2.45, 2.75) is 60.6 Å². The molecule has 1 rings (SSSR count). The van der Waals surface area contributed by atoms with Crippen LogP contribution in [0.15, 0.2) is 30.6 Å². The second-order valence-electron chi connectivity index (χ2n) is 3.66. The topological polar surface area (TPSA) is 12.9 Å². The molecule has 1 nitrogen and oxygen atoms in total. The van der Waals surface area contributed by atoms with E-state index in [9.17, 15) is 0 Å². The number of hydrogen-bond donors (Lipinski definition) is 0. The number of pyridine rings is 1. The Morgan fingerprint density at radius 2 is 1.50 bits per heavy atom. The molecule has 0 aliphatic rings. The molecule has 0 fully saturated rings. The second-order valence-corrected chi connectivity index (χ2v) is 3.66. The lowest BCUT2D eigenvalue weighted by molar-refractivity contribution is 0.645. The third kappa shape index (κ3) is 15.7. The Morgan fingerprint density at radius 1 is 1.06 bits per heavy atom. The summed E-state index contributed by atoms with van der Waals surface area (Å²) in [6.07, 6.45) is 4.74. The zero-order valence-corrected chi connectivity index (χ0v) is 11.1. The van der Waals surface area contributed by atoms with E-state index in [1.165, 1.54) is 6.42 Å². The van der Waals surface area contributed by atoms with Crippen LogP contribution >= 0.6 is 0 Å². The third-order valence-electron chi connectivity index (χ3n) is 2.26. The molecule has 0 saturated carbocycles. The van der Waals surface area contributed by atoms with Gasteiger partial charge in [-0.1, -0.05) is 66.7 Å². The van der Waals surface area contributed by atoms with Gasteiger partial charge in [-0.25, -0.2) is 0 Å². The fourth-order valence-electron chi connectivity index (χ4n) is 0.517. The van der Waals surface area contributed by atoms with Crippen molar-refractivity contribution >= 4 is 7.28 Å². The van der Waals surface area contributed by atoms with Crippen LogP contribution < -0.4 is 0 Å². The first-order valence-corrected chi connectivity index (χ1v) is 5.78. The number of aromatic nitrogens is 1. The van der Waals surface area contributed by atoms with E-state index >= 15 is 0 Å². The van der Waals surface area contributed by atoms with E-state index in [2.05, 4.69) is 39.9 Å². The SMILES string of the molecule is C.CC.C[B]C(C)(C)CC.c1ccncc1. The zero-order chi connectivity index (χ0) is 12.2. The van der Waals surface area contributed by atoms with E-state index in [0.29, 0.717) is 5.31 Å². The summed E-state index contributed by atoms with van der Waals surface area (Å²) in [5, 5.41) is 0.458. The molecule has 1 aromatic rings. The molecule has 0 unspecified atom stereocenters. The predicted octanol–water partition coefficient (Wildman–Crippen LogP) is 5.09. The summed E-state index contributed by atoms with van der Waals surface area (Å²) in [6, 6.07) is 5.72. The van der Waals surface area contributed by atoms with Crippen LogP contribution in [-0.4, -0.2) is 12.3 Å². The maximum Gasteiger partial charge on any atom is 0.113 e. The molecule has 0 N–H and O–H groups in total. The van der Waals surface area contributed by atoms with E-state index in [4.69, 9.17) is 0 Å². The highest BCUT2D eigenvalue weighted by Gasteiger charge is 2.10. The lowest BCUT2D eigenvalue weighted by atomic mass is 9.55. The first-order valence-electron chi connectivity index (χ1n) is 5.78. The van der Waals surface area contributed by atoms with Crippen molar-refractivity contribution in [1.82, 2.24) is 4.98 Å². The van der Waals surface area contributed by atoms with Crippen molar-refractivity contribution in [3.05, 3.63) is 30.6 Å². The van der Waals surface area contributed by atoms with Crippen LogP contribution in [0.5, 0.6) is 0 Å². The highest BCUT2D eigenvalue weighted by atomic mass is 14.6. The fourth-order valence-corrected chi connectivity index (χ4v) is 0.517. The van der Waals surface area contributed by atoms with Gasteiger partial charge >= 0.3 is 0 Å². The number of nitrogens with zero attached hydrogens (tertiary/aromatic N) is 1. The number of hydrogen-bond acceptors (Lipinski definition) is 1. The number of rotatable bonds is 2. The van der Waals surface area contributed by atoms with Gasteiger partial charge in [-0.15, -0.1) is 0 Å². The standard InChI is InChI=1S/C6H14B.C5H5N.C2H6.CH4/c1-5-6(2,3)7-4;1-2-4-6-5-3-1;1-2;/h5H2,1-4H3;1-5H;1-2H3;1H4. The van der Waals surface area contributed by atoms with Gasteiger partial charge in [0.05, 0.1) is 0 Å². The average molecular weight is 222 g/mol. The van der Waals surface area contributed by atoms with E-state index in [0.717, 1.165) is 0 Å². The minimum atomic E-state index is 0. The lowest BCUT2D eigenvalue weighted by Crippen LogP contribution is -2.06. The van der Waals surface area contributed by atoms with Gasteiger partial charge in [0, 0.05) is 12.4 Å². The molecular formula is C14H29BN. The third-order valence-corrected chi connectivity index (χ3v) is 2.26. The molecule has 0 aliphatic heterocycles. The Morgan fingerprint density at radius 3 is 1.56 bits per heavy atom. The van der Waals surface area contributed by atoms with Crippen LogP contribution in [0.1, 0.15) is 48.5 Å². The van der Waals surface area contributed by atoms with Crippen LogP contribution in [0.4, 0.5) is 0 Å². The van der Waals surface area contributed by atoms with Gasteiger partial charge in [0.25, 0.3) is 0 Å². The second kappa shape index (κ2) is 14.2. The van der Waals surface area contributed by atoms with E-state index < -0.39 is 0 Å². The first kappa shape index (κ1) is 20.6. The summed E-state index contributed by atoms with van der Waals surface area (Å²) in [6.45, 7) is 12.8. The summed E-state index contributed by atoms with van der Waals surface area (Å²) in [7, 11) is 2.24. The van der Waals surface area contributed by atoms with Gasteiger partial charge in [-0.05, 0) is 12.1 Å². The molecule has 0 aliphatic carbocycles. The molecule has 2 heteroatoms. The maximum atomic E-state index is 3.78. The smallest absolute Gasteiger partial charge is 0.113 e. The summed E-state index contributed by atoms with van der Waals surface area (Å²) >= 11 is 0. The van der Waals surface area contributed by atoms with Gasteiger partial charge < -0.3 is 0 Å². The summed E-state index contributed by atoms with van der Waals surface area (Å²) in [4.78, 5) is 3.78. The van der Waals surface area contributed by atoms with Crippen molar-refractivity contribution in [2.75, 3.05) is 0 Å². The highest BCUT2D eigenvalue weighted by molar-refractivity contribution is 6.37. The Hall–Kier alpha value is -0.785. The normalized spacial score (nSPS) is 8.38. The van der Waals surface area contributed by atoms with Crippen LogP contribution in [0.3, 0.4) is 0 Å². The monoisotopic (exact) mass is 222 g/mol. The minimum Gasteiger partial charge on any atom is -0.265 e. The van der Waals surface area contributed by atoms with Crippen molar-refractivity contribution in [1.29, 1.82) is 0 Å². The van der Waals surface area contributed by atoms with E-state index in [1.807, 2.05) is 32.0 Å². The van der Waals surface area contributed by atoms with Crippen molar-refractivity contribution in [2.24, 2.45) is 0 Å². The highest BCUT2D eigenvalue weighted by Crippen LogP contribution is 2.25. The Balaban J connectivity index is -0.000000174. The minimum absolute atomic E-state index is 0. The van der Waals surface area contributed by atoms with Gasteiger partial charge in [-0.3, -0.25) is 4.98 Å². The quantitative estimate of drug-likeness (QED) is 0.635. The average Bonchev–Trinajstić information content (AvgIpc) is 2.35. The molecular weight excluding hydrogens is 193 g/mol. The van der Waals surface area contributed by atoms with Gasteiger partial charge in [-0.2, -0.15) is 0 Å². The van der Waals surface area contributed by atoms with Gasteiger partial charge in [0.1, 0.15) is 7.28 Å². The maximum absolute atomic E-state index is 3.78. The van der Waals surface area contributed by atoms with Crippen molar-refractivity contribution < 1.29 is 0 Å². The lowest BCUT2D eigenvalue weighted by Gasteiger charge is -2.17. The molecule has 0 aromatic carbocycles. The molecule has 16 heavy (non-hydrogen) atoms. The molecule has 93 valence electrons. The molecule has 1 aromatic heterocycles. The molecule has 0 atom stereocenters. The van der Waals surface area contributed by atoms with Gasteiger partial charge in [0.15, 0.2) is 0 Å². The van der Waals surface area contributed by atoms with Crippen LogP contribution in [-0.2, 0) is 0 Å². The molecule has 0 spiro atoms. The largest absolute Gasteiger partial charge is 0.265 e. The van der Waals surface area contributed by atoms with E-state index in [1.54, 1.807) is 12.4 Å². The molecule has 0 bridgehead atoms. The fraction of sp³-hybridized carbons (Fsp3) is 0.643. The molecule has 1 heterocycles.